The average Bonchev–Trinajstić information content (AvgIpc) is 2.63. The monoisotopic (exact) mass is 325 g/mol. The molecule has 2 nitrogen and oxygen atoms in total. The van der Waals surface area contributed by atoms with Gasteiger partial charge in [0, 0.05) is 0 Å². The van der Waals surface area contributed by atoms with Crippen LogP contribution in [0.4, 0.5) is 0 Å². The normalized spacial score (nSPS) is 25.2. The molecule has 0 saturated heterocycles. The molecule has 0 atom stereocenters. The van der Waals surface area contributed by atoms with Gasteiger partial charge in [-0.25, -0.2) is 0 Å². The first-order valence-electron chi connectivity index (χ1n) is 9.55. The molecule has 0 aromatic heterocycles. The molecule has 2 aliphatic carbocycles. The van der Waals surface area contributed by atoms with Gasteiger partial charge in [-0.15, -0.1) is 0 Å². The molecule has 2 fully saturated rings. The molecule has 24 heavy (non-hydrogen) atoms. The molecule has 2 saturated carbocycles. The van der Waals surface area contributed by atoms with Crippen molar-refractivity contribution >= 4 is 0 Å². The number of hydrogen-bond acceptors (Lipinski definition) is 2. The highest BCUT2D eigenvalue weighted by atomic mass is 16.5. The van der Waals surface area contributed by atoms with Crippen molar-refractivity contribution in [2.75, 3.05) is 0 Å². The smallest absolute Gasteiger partial charge is 0.142 e. The molecule has 0 unspecified atom stereocenters. The van der Waals surface area contributed by atoms with E-state index in [9.17, 15) is 0 Å². The molecule has 1 aromatic carbocycles. The summed E-state index contributed by atoms with van der Waals surface area (Å²) in [6.07, 6.45) is 12.9. The minimum atomic E-state index is 0.375. The molecule has 0 bridgehead atoms. The number of nitrogens with two attached hydrogens (primary N) is 1. The summed E-state index contributed by atoms with van der Waals surface area (Å²) in [4.78, 5) is 0. The van der Waals surface area contributed by atoms with Crippen LogP contribution in [0.1, 0.15) is 69.3 Å². The summed E-state index contributed by atoms with van der Waals surface area (Å²) in [6, 6.07) is 8.45. The largest absolute Gasteiger partial charge is 0.456 e. The highest BCUT2D eigenvalue weighted by Gasteiger charge is 2.28. The van der Waals surface area contributed by atoms with Gasteiger partial charge in [0.05, 0.1) is 5.70 Å². The molecule has 0 radical (unpaired) electrons. The number of hydrogen-bond donors (Lipinski definition) is 1. The lowest BCUT2D eigenvalue weighted by Gasteiger charge is -2.36. The van der Waals surface area contributed by atoms with E-state index in [0.29, 0.717) is 17.4 Å². The second-order valence-corrected chi connectivity index (χ2v) is 7.63. The molecule has 0 heterocycles. The Kier molecular flexibility index (Phi) is 5.65. The molecule has 130 valence electrons. The van der Waals surface area contributed by atoms with Gasteiger partial charge in [-0.05, 0) is 61.1 Å². The van der Waals surface area contributed by atoms with Gasteiger partial charge < -0.3 is 10.5 Å². The maximum Gasteiger partial charge on any atom is 0.142 e. The lowest BCUT2D eigenvalue weighted by Crippen LogP contribution is -2.23. The second kappa shape index (κ2) is 7.92. The fourth-order valence-corrected chi connectivity index (χ4v) is 4.55. The summed E-state index contributed by atoms with van der Waals surface area (Å²) in [6.45, 7) is 7.41. The summed E-state index contributed by atoms with van der Waals surface area (Å²) in [5.74, 6) is 3.93. The first-order chi connectivity index (χ1) is 11.6. The van der Waals surface area contributed by atoms with Crippen LogP contribution < -0.4 is 10.5 Å². The van der Waals surface area contributed by atoms with Crippen LogP contribution >= 0.6 is 0 Å². The Morgan fingerprint density at radius 2 is 1.42 bits per heavy atom. The summed E-state index contributed by atoms with van der Waals surface area (Å²) in [5.41, 5.74) is 7.41. The van der Waals surface area contributed by atoms with E-state index in [1.54, 1.807) is 0 Å². The fraction of sp³-hybridized carbons (Fsp3) is 0.545. The number of ether oxygens (including phenoxy) is 1. The molecule has 0 spiro atoms. The SMILES string of the molecule is C=C(N)C(=C)Oc1ccc(C2CCC(C3CCCCC3)CC2)cc1. The van der Waals surface area contributed by atoms with Crippen molar-refractivity contribution in [3.8, 4) is 5.75 Å². The van der Waals surface area contributed by atoms with Gasteiger partial charge in [0.25, 0.3) is 0 Å². The van der Waals surface area contributed by atoms with Gasteiger partial charge >= 0.3 is 0 Å². The van der Waals surface area contributed by atoms with Crippen molar-refractivity contribution < 1.29 is 4.74 Å². The quantitative estimate of drug-likeness (QED) is 0.540. The maximum absolute atomic E-state index is 5.60. The van der Waals surface area contributed by atoms with Crippen molar-refractivity contribution in [2.45, 2.75) is 63.7 Å². The van der Waals surface area contributed by atoms with Gasteiger partial charge in [-0.1, -0.05) is 57.4 Å². The van der Waals surface area contributed by atoms with Crippen LogP contribution in [0.2, 0.25) is 0 Å². The Morgan fingerprint density at radius 1 is 0.833 bits per heavy atom. The first-order valence-corrected chi connectivity index (χ1v) is 9.55. The van der Waals surface area contributed by atoms with E-state index in [4.69, 9.17) is 10.5 Å². The van der Waals surface area contributed by atoms with E-state index in [2.05, 4.69) is 25.3 Å². The Hall–Kier alpha value is -1.70. The van der Waals surface area contributed by atoms with E-state index >= 15 is 0 Å². The van der Waals surface area contributed by atoms with Crippen molar-refractivity contribution in [2.24, 2.45) is 17.6 Å². The van der Waals surface area contributed by atoms with Crippen molar-refractivity contribution in [1.29, 1.82) is 0 Å². The highest BCUT2D eigenvalue weighted by molar-refractivity contribution is 5.32. The van der Waals surface area contributed by atoms with Crippen LogP contribution in [0.3, 0.4) is 0 Å². The van der Waals surface area contributed by atoms with Gasteiger partial charge in [-0.3, -0.25) is 0 Å². The lowest BCUT2D eigenvalue weighted by atomic mass is 9.70. The zero-order valence-electron chi connectivity index (χ0n) is 14.8. The lowest BCUT2D eigenvalue weighted by molar-refractivity contribution is 0.186. The fourth-order valence-electron chi connectivity index (χ4n) is 4.55. The third kappa shape index (κ3) is 4.23. The Labute approximate surface area is 146 Å². The van der Waals surface area contributed by atoms with Gasteiger partial charge in [-0.2, -0.15) is 0 Å². The van der Waals surface area contributed by atoms with Crippen LogP contribution in [-0.2, 0) is 0 Å². The third-order valence-electron chi connectivity index (χ3n) is 6.04. The van der Waals surface area contributed by atoms with E-state index < -0.39 is 0 Å². The van der Waals surface area contributed by atoms with Crippen LogP contribution in [-0.4, -0.2) is 0 Å². The third-order valence-corrected chi connectivity index (χ3v) is 6.04. The molecule has 3 rings (SSSR count). The summed E-state index contributed by atoms with van der Waals surface area (Å²) < 4.78 is 5.60. The van der Waals surface area contributed by atoms with Crippen molar-refractivity contribution in [3.05, 3.63) is 54.4 Å². The zero-order valence-corrected chi connectivity index (χ0v) is 14.8. The molecule has 2 aliphatic rings. The average molecular weight is 325 g/mol. The van der Waals surface area contributed by atoms with E-state index in [1.807, 2.05) is 12.1 Å². The maximum atomic E-state index is 5.60. The van der Waals surface area contributed by atoms with Crippen LogP contribution in [0.15, 0.2) is 48.9 Å². The van der Waals surface area contributed by atoms with Crippen molar-refractivity contribution in [3.63, 3.8) is 0 Å². The molecular weight excluding hydrogens is 294 g/mol. The van der Waals surface area contributed by atoms with Gasteiger partial charge in [0.15, 0.2) is 0 Å². The second-order valence-electron chi connectivity index (χ2n) is 7.63. The topological polar surface area (TPSA) is 35.2 Å². The summed E-state index contributed by atoms with van der Waals surface area (Å²) in [5, 5.41) is 0. The zero-order chi connectivity index (χ0) is 16.9. The van der Waals surface area contributed by atoms with E-state index in [1.165, 1.54) is 63.4 Å². The Morgan fingerprint density at radius 3 is 2.00 bits per heavy atom. The van der Waals surface area contributed by atoms with Crippen molar-refractivity contribution in [1.82, 2.24) is 0 Å². The predicted molar refractivity (Wildman–Crippen MR) is 101 cm³/mol. The van der Waals surface area contributed by atoms with Crippen LogP contribution in [0.5, 0.6) is 5.75 Å². The number of benzene rings is 1. The molecule has 0 aliphatic heterocycles. The summed E-state index contributed by atoms with van der Waals surface area (Å²) >= 11 is 0. The van der Waals surface area contributed by atoms with E-state index in [-0.39, 0.29) is 0 Å². The van der Waals surface area contributed by atoms with Crippen LogP contribution in [0.25, 0.3) is 0 Å². The molecule has 2 heteroatoms. The minimum Gasteiger partial charge on any atom is -0.456 e. The van der Waals surface area contributed by atoms with E-state index in [0.717, 1.165) is 17.6 Å². The Bertz CT molecular complexity index is 560. The predicted octanol–water partition coefficient (Wildman–Crippen LogP) is 5.91. The highest BCUT2D eigenvalue weighted by Crippen LogP contribution is 2.43. The molecule has 2 N–H and O–H groups in total. The first kappa shape index (κ1) is 17.1. The molecular formula is C22H31NO. The minimum absolute atomic E-state index is 0.375. The molecule has 0 amide bonds. The van der Waals surface area contributed by atoms with Gasteiger partial charge in [0.1, 0.15) is 11.5 Å². The Balaban J connectivity index is 1.52. The molecule has 1 aromatic rings. The van der Waals surface area contributed by atoms with Crippen LogP contribution in [0, 0.1) is 11.8 Å². The standard InChI is InChI=1S/C22H31NO/c1-16(23)17(2)24-22-14-12-21(13-15-22)20-10-8-19(9-11-20)18-6-4-3-5-7-18/h12-15,18-20H,1-11,23H2. The number of rotatable bonds is 5. The van der Waals surface area contributed by atoms with Gasteiger partial charge in [0.2, 0.25) is 0 Å². The summed E-state index contributed by atoms with van der Waals surface area (Å²) in [7, 11) is 0.